The highest BCUT2D eigenvalue weighted by Crippen LogP contribution is 2.63. The Balaban J connectivity index is 2.51. The van der Waals surface area contributed by atoms with Crippen molar-refractivity contribution in [2.45, 2.75) is 18.1 Å². The normalized spacial score (nSPS) is 28.3. The summed E-state index contributed by atoms with van der Waals surface area (Å²) in [6.45, 7) is 1.72. The number of thiocarbonyl (C=S) groups is 1. The van der Waals surface area contributed by atoms with E-state index < -0.39 is 20.5 Å². The number of hydrogen-bond acceptors (Lipinski definition) is 4. The van der Waals surface area contributed by atoms with Gasteiger partial charge in [-0.2, -0.15) is 0 Å². The summed E-state index contributed by atoms with van der Waals surface area (Å²) >= 11 is 5.12. The topological polar surface area (TPSA) is 69.4 Å². The van der Waals surface area contributed by atoms with Crippen LogP contribution in [0.15, 0.2) is 24.3 Å². The number of halogens is 1. The lowest BCUT2D eigenvalue weighted by molar-refractivity contribution is 0.166. The van der Waals surface area contributed by atoms with Crippen molar-refractivity contribution in [3.05, 3.63) is 35.6 Å². The van der Waals surface area contributed by atoms with Crippen LogP contribution in [0.2, 0.25) is 0 Å². The Morgan fingerprint density at radius 1 is 1.43 bits per heavy atom. The van der Waals surface area contributed by atoms with E-state index in [-0.39, 0.29) is 29.1 Å². The average molecular weight is 331 g/mol. The molecule has 4 nitrogen and oxygen atoms in total. The highest BCUT2D eigenvalue weighted by molar-refractivity contribution is 7.92. The molecule has 1 aromatic carbocycles. The maximum absolute atomic E-state index is 13.1. The van der Waals surface area contributed by atoms with E-state index in [4.69, 9.17) is 22.7 Å². The minimum absolute atomic E-state index is 0.00341. The van der Waals surface area contributed by atoms with Crippen molar-refractivity contribution in [2.75, 3.05) is 19.5 Å². The van der Waals surface area contributed by atoms with Crippen LogP contribution >= 0.6 is 12.2 Å². The Bertz CT molecular complexity index is 645. The Morgan fingerprint density at radius 3 is 2.43 bits per heavy atom. The molecule has 0 aliphatic heterocycles. The first kappa shape index (κ1) is 16.3. The molecule has 0 amide bonds. The van der Waals surface area contributed by atoms with Crippen molar-refractivity contribution >= 4 is 27.0 Å². The van der Waals surface area contributed by atoms with Crippen LogP contribution in [0.3, 0.4) is 0 Å². The number of rotatable bonds is 6. The molecule has 1 aliphatic carbocycles. The molecule has 0 heterocycles. The summed E-state index contributed by atoms with van der Waals surface area (Å²) in [5.74, 6) is -0.758. The molecule has 3 unspecified atom stereocenters. The smallest absolute Gasteiger partial charge is 0.154 e. The molecule has 0 bridgehead atoms. The second-order valence-electron chi connectivity index (χ2n) is 5.24. The van der Waals surface area contributed by atoms with Crippen LogP contribution in [-0.4, -0.2) is 38.1 Å². The molecule has 21 heavy (non-hydrogen) atoms. The summed E-state index contributed by atoms with van der Waals surface area (Å²) in [5, 5.41) is -0.710. The number of nitrogens with two attached hydrogens (primary N) is 1. The minimum atomic E-state index is -3.35. The zero-order valence-corrected chi connectivity index (χ0v) is 13.5. The molecule has 2 N–H and O–H groups in total. The molecule has 0 aromatic heterocycles. The lowest BCUT2D eigenvalue weighted by atomic mass is 10.00. The standard InChI is InChI=1S/C14H18FNO3S2/c1-3-21(17,18)12-11(9-4-6-10(15)7-5-9)14(12,8-19-2)13(16)20/h4-7,11-12H,3,8H2,1-2H3,(H2,16,20). The van der Waals surface area contributed by atoms with E-state index >= 15 is 0 Å². The van der Waals surface area contributed by atoms with Gasteiger partial charge < -0.3 is 10.5 Å². The van der Waals surface area contributed by atoms with Gasteiger partial charge in [-0.05, 0) is 17.7 Å². The summed E-state index contributed by atoms with van der Waals surface area (Å²) < 4.78 is 43.0. The van der Waals surface area contributed by atoms with Gasteiger partial charge in [-0.3, -0.25) is 0 Å². The predicted octanol–water partition coefficient (Wildman–Crippen LogP) is 1.65. The highest BCUT2D eigenvalue weighted by Gasteiger charge is 2.72. The van der Waals surface area contributed by atoms with Gasteiger partial charge in [0.2, 0.25) is 0 Å². The second kappa shape index (κ2) is 5.62. The summed E-state index contributed by atoms with van der Waals surface area (Å²) in [5.41, 5.74) is 5.64. The van der Waals surface area contributed by atoms with E-state index in [1.54, 1.807) is 19.1 Å². The van der Waals surface area contributed by atoms with Crippen molar-refractivity contribution in [2.24, 2.45) is 11.1 Å². The highest BCUT2D eigenvalue weighted by atomic mass is 32.2. The van der Waals surface area contributed by atoms with Gasteiger partial charge in [-0.25, -0.2) is 12.8 Å². The first-order valence-electron chi connectivity index (χ1n) is 6.57. The van der Waals surface area contributed by atoms with Gasteiger partial charge in [0.1, 0.15) is 5.82 Å². The van der Waals surface area contributed by atoms with E-state index in [0.717, 1.165) is 0 Å². The molecule has 1 saturated carbocycles. The molecule has 1 fully saturated rings. The first-order valence-corrected chi connectivity index (χ1v) is 8.69. The van der Waals surface area contributed by atoms with Gasteiger partial charge in [-0.1, -0.05) is 31.3 Å². The van der Waals surface area contributed by atoms with Gasteiger partial charge in [0, 0.05) is 18.8 Å². The molecule has 0 saturated heterocycles. The molecular formula is C14H18FNO3S2. The minimum Gasteiger partial charge on any atom is -0.393 e. The number of benzene rings is 1. The van der Waals surface area contributed by atoms with Crippen molar-refractivity contribution < 1.29 is 17.5 Å². The van der Waals surface area contributed by atoms with Gasteiger partial charge >= 0.3 is 0 Å². The summed E-state index contributed by atoms with van der Waals surface area (Å²) in [6.07, 6.45) is 0. The summed E-state index contributed by atoms with van der Waals surface area (Å²) in [6, 6.07) is 5.77. The van der Waals surface area contributed by atoms with Crippen LogP contribution in [-0.2, 0) is 14.6 Å². The Hall–Kier alpha value is -1.05. The molecule has 3 atom stereocenters. The maximum Gasteiger partial charge on any atom is 0.154 e. The second-order valence-corrected chi connectivity index (χ2v) is 8.09. The maximum atomic E-state index is 13.1. The number of ether oxygens (including phenoxy) is 1. The molecule has 1 aromatic rings. The Kier molecular flexibility index (Phi) is 4.37. The molecule has 7 heteroatoms. The van der Waals surface area contributed by atoms with Crippen LogP contribution < -0.4 is 5.73 Å². The molecule has 1 aliphatic rings. The monoisotopic (exact) mass is 331 g/mol. The third-order valence-electron chi connectivity index (χ3n) is 4.12. The zero-order valence-electron chi connectivity index (χ0n) is 11.9. The number of methoxy groups -OCH3 is 1. The summed E-state index contributed by atoms with van der Waals surface area (Å²) in [7, 11) is -1.87. The molecule has 116 valence electrons. The largest absolute Gasteiger partial charge is 0.393 e. The summed E-state index contributed by atoms with van der Waals surface area (Å²) in [4.78, 5) is 0.126. The molecule has 0 radical (unpaired) electrons. The van der Waals surface area contributed by atoms with Crippen LogP contribution in [0.5, 0.6) is 0 Å². The third kappa shape index (κ3) is 2.58. The lowest BCUT2D eigenvalue weighted by Gasteiger charge is -2.15. The van der Waals surface area contributed by atoms with Gasteiger partial charge in [0.15, 0.2) is 9.84 Å². The molecular weight excluding hydrogens is 313 g/mol. The lowest BCUT2D eigenvalue weighted by Crippen LogP contribution is -2.33. The van der Waals surface area contributed by atoms with Crippen molar-refractivity contribution in [1.82, 2.24) is 0 Å². The van der Waals surface area contributed by atoms with E-state index in [2.05, 4.69) is 0 Å². The Morgan fingerprint density at radius 2 is 2.00 bits per heavy atom. The first-order chi connectivity index (χ1) is 9.81. The zero-order chi connectivity index (χ0) is 15.8. The van der Waals surface area contributed by atoms with Gasteiger partial charge in [0.05, 0.1) is 22.3 Å². The van der Waals surface area contributed by atoms with Crippen molar-refractivity contribution in [1.29, 1.82) is 0 Å². The third-order valence-corrected chi connectivity index (χ3v) is 6.77. The molecule has 0 spiro atoms. The van der Waals surface area contributed by atoms with Crippen LogP contribution in [0.1, 0.15) is 18.4 Å². The van der Waals surface area contributed by atoms with Crippen LogP contribution in [0, 0.1) is 11.2 Å². The van der Waals surface area contributed by atoms with E-state index in [0.29, 0.717) is 5.56 Å². The molecule has 2 rings (SSSR count). The van der Waals surface area contributed by atoms with Gasteiger partial charge in [-0.15, -0.1) is 0 Å². The van der Waals surface area contributed by atoms with E-state index in [9.17, 15) is 12.8 Å². The number of sulfone groups is 1. The fourth-order valence-corrected chi connectivity index (χ4v) is 5.49. The fraction of sp³-hybridized carbons (Fsp3) is 0.500. The van der Waals surface area contributed by atoms with Gasteiger partial charge in [0.25, 0.3) is 0 Å². The van der Waals surface area contributed by atoms with Crippen molar-refractivity contribution in [3.63, 3.8) is 0 Å². The van der Waals surface area contributed by atoms with Crippen LogP contribution in [0.25, 0.3) is 0 Å². The predicted molar refractivity (Wildman–Crippen MR) is 83.5 cm³/mol. The SMILES string of the molecule is CCS(=O)(=O)C1C(c2ccc(F)cc2)C1(COC)C(N)=S. The van der Waals surface area contributed by atoms with Crippen molar-refractivity contribution in [3.8, 4) is 0 Å². The quantitative estimate of drug-likeness (QED) is 0.803. The Labute approximate surface area is 129 Å². The number of hydrogen-bond donors (Lipinski definition) is 1. The van der Waals surface area contributed by atoms with E-state index in [1.807, 2.05) is 0 Å². The van der Waals surface area contributed by atoms with E-state index in [1.165, 1.54) is 19.2 Å². The average Bonchev–Trinajstić information content (AvgIpc) is 3.11. The fourth-order valence-electron chi connectivity index (χ4n) is 3.03. The van der Waals surface area contributed by atoms with Crippen LogP contribution in [0.4, 0.5) is 4.39 Å².